The third-order valence-electron chi connectivity index (χ3n) is 3.84. The van der Waals surface area contributed by atoms with Crippen LogP contribution in [0, 0.1) is 0 Å². The molecule has 1 amide bonds. The number of primary sulfonamides is 1. The van der Waals surface area contributed by atoms with E-state index in [1.807, 2.05) is 5.43 Å². The summed E-state index contributed by atoms with van der Waals surface area (Å²) in [5, 5.41) is 8.97. The van der Waals surface area contributed by atoms with E-state index in [0.29, 0.717) is 4.79 Å². The highest BCUT2D eigenvalue weighted by Gasteiger charge is 2.41. The number of carbonyl (C=O) groups is 1. The molecule has 3 N–H and O–H groups in total. The van der Waals surface area contributed by atoms with Crippen LogP contribution in [0.5, 0.6) is 0 Å². The van der Waals surface area contributed by atoms with Gasteiger partial charge in [-0.25, -0.2) is 19.0 Å². The molecular formula is C17H14F3N5O3S. The lowest BCUT2D eigenvalue weighted by molar-refractivity contribution is -0.143. The van der Waals surface area contributed by atoms with Crippen LogP contribution in [0.3, 0.4) is 0 Å². The number of aromatic nitrogens is 3. The minimum atomic E-state index is -4.85. The fourth-order valence-electron chi connectivity index (χ4n) is 2.71. The molecule has 0 aliphatic rings. The third kappa shape index (κ3) is 4.27. The fraction of sp³-hybridized carbons (Fsp3) is 0.118. The van der Waals surface area contributed by atoms with Gasteiger partial charge in [0.25, 0.3) is 0 Å². The van der Waals surface area contributed by atoms with E-state index in [1.165, 1.54) is 36.7 Å². The van der Waals surface area contributed by atoms with Gasteiger partial charge in [0.15, 0.2) is 5.69 Å². The van der Waals surface area contributed by atoms with Crippen LogP contribution in [0.15, 0.2) is 53.7 Å². The second-order valence-corrected chi connectivity index (χ2v) is 7.52. The largest absolute Gasteiger partial charge is 0.435 e. The molecule has 0 unspecified atom stereocenters. The molecule has 3 aromatic rings. The predicted octanol–water partition coefficient (Wildman–Crippen LogP) is 2.37. The second-order valence-electron chi connectivity index (χ2n) is 5.96. The highest BCUT2D eigenvalue weighted by atomic mass is 32.2. The Bertz CT molecular complexity index is 1160. The number of hydrogen-bond donors (Lipinski definition) is 2. The molecule has 0 saturated carbocycles. The summed E-state index contributed by atoms with van der Waals surface area (Å²) >= 11 is 0. The van der Waals surface area contributed by atoms with Crippen LogP contribution in [0.2, 0.25) is 0 Å². The zero-order valence-electron chi connectivity index (χ0n) is 14.8. The van der Waals surface area contributed by atoms with Crippen molar-refractivity contribution in [1.29, 1.82) is 0 Å². The lowest BCUT2D eigenvalue weighted by atomic mass is 9.99. The zero-order chi connectivity index (χ0) is 21.4. The molecule has 0 spiro atoms. The Balaban J connectivity index is 2.31. The average molecular weight is 425 g/mol. The van der Waals surface area contributed by atoms with Gasteiger partial charge in [0.1, 0.15) is 5.69 Å². The molecule has 0 fully saturated rings. The Morgan fingerprint density at radius 3 is 2.14 bits per heavy atom. The maximum Gasteiger partial charge on any atom is 0.435 e. The Morgan fingerprint density at radius 2 is 1.66 bits per heavy atom. The first-order valence-electron chi connectivity index (χ1n) is 8.00. The summed E-state index contributed by atoms with van der Waals surface area (Å²) in [4.78, 5) is 15.4. The van der Waals surface area contributed by atoms with Crippen LogP contribution >= 0.6 is 0 Å². The van der Waals surface area contributed by atoms with Crippen molar-refractivity contribution >= 4 is 15.9 Å². The van der Waals surface area contributed by atoms with E-state index in [-0.39, 0.29) is 27.3 Å². The van der Waals surface area contributed by atoms with E-state index in [0.717, 1.165) is 19.1 Å². The van der Waals surface area contributed by atoms with Crippen LogP contribution in [0.25, 0.3) is 22.4 Å². The summed E-state index contributed by atoms with van der Waals surface area (Å²) in [6.07, 6.45) is -2.22. The smallest absolute Gasteiger partial charge is 0.274 e. The molecule has 1 aromatic carbocycles. The van der Waals surface area contributed by atoms with Crippen LogP contribution in [0.1, 0.15) is 12.6 Å². The highest BCUT2D eigenvalue weighted by molar-refractivity contribution is 7.89. The lowest BCUT2D eigenvalue weighted by Gasteiger charge is -2.12. The second kappa shape index (κ2) is 7.29. The molecule has 12 heteroatoms. The molecule has 8 nitrogen and oxygen atoms in total. The number of nitrogens with one attached hydrogen (secondary N) is 1. The number of alkyl halides is 3. The fourth-order valence-corrected chi connectivity index (χ4v) is 3.22. The van der Waals surface area contributed by atoms with Crippen molar-refractivity contribution in [3.05, 3.63) is 54.5 Å². The summed E-state index contributed by atoms with van der Waals surface area (Å²) in [5.41, 5.74) is 0.788. The molecular weight excluding hydrogens is 411 g/mol. The van der Waals surface area contributed by atoms with E-state index in [2.05, 4.69) is 10.1 Å². The van der Waals surface area contributed by atoms with Crippen molar-refractivity contribution in [1.82, 2.24) is 14.9 Å². The van der Waals surface area contributed by atoms with Gasteiger partial charge in [-0.1, -0.05) is 12.1 Å². The zero-order valence-corrected chi connectivity index (χ0v) is 15.6. The Hall–Kier alpha value is -3.25. The third-order valence-corrected chi connectivity index (χ3v) is 4.77. The SMILES string of the molecule is CC(=O)Nn1nc(-c2ccc(S(N)(=O)=O)cc2)c(-c2ccncc2)c1C(F)(F)F. The summed E-state index contributed by atoms with van der Waals surface area (Å²) in [6, 6.07) is 7.62. The number of halogens is 3. The minimum absolute atomic E-state index is 0.113. The van der Waals surface area contributed by atoms with E-state index in [1.54, 1.807) is 0 Å². The van der Waals surface area contributed by atoms with E-state index >= 15 is 0 Å². The first-order chi connectivity index (χ1) is 13.5. The molecule has 29 heavy (non-hydrogen) atoms. The van der Waals surface area contributed by atoms with Gasteiger partial charge < -0.3 is 0 Å². The number of sulfonamides is 1. The molecule has 0 aliphatic carbocycles. The molecule has 0 bridgehead atoms. The first-order valence-corrected chi connectivity index (χ1v) is 9.54. The molecule has 3 rings (SSSR count). The number of pyridine rings is 1. The Morgan fingerprint density at radius 1 is 1.07 bits per heavy atom. The Kier molecular flexibility index (Phi) is 5.15. The van der Waals surface area contributed by atoms with Crippen LogP contribution in [0.4, 0.5) is 13.2 Å². The summed E-state index contributed by atoms with van der Waals surface area (Å²) in [7, 11) is -3.98. The number of carbonyl (C=O) groups excluding carboxylic acids is 1. The van der Waals surface area contributed by atoms with Gasteiger partial charge in [0.05, 0.1) is 4.90 Å². The maximum absolute atomic E-state index is 13.9. The quantitative estimate of drug-likeness (QED) is 0.665. The van der Waals surface area contributed by atoms with Gasteiger partial charge in [-0.05, 0) is 29.8 Å². The van der Waals surface area contributed by atoms with Gasteiger partial charge in [0.2, 0.25) is 15.9 Å². The minimum Gasteiger partial charge on any atom is -0.274 e. The predicted molar refractivity (Wildman–Crippen MR) is 97.3 cm³/mol. The van der Waals surface area contributed by atoms with Crippen molar-refractivity contribution in [3.8, 4) is 22.4 Å². The van der Waals surface area contributed by atoms with Crippen molar-refractivity contribution in [2.45, 2.75) is 18.0 Å². The first kappa shape index (κ1) is 20.5. The van der Waals surface area contributed by atoms with Crippen LogP contribution < -0.4 is 10.6 Å². The monoisotopic (exact) mass is 425 g/mol. The average Bonchev–Trinajstić information content (AvgIpc) is 3.00. The van der Waals surface area contributed by atoms with Crippen LogP contribution in [-0.4, -0.2) is 29.2 Å². The molecule has 2 aromatic heterocycles. The van der Waals surface area contributed by atoms with Crippen molar-refractivity contribution in [3.63, 3.8) is 0 Å². The highest BCUT2D eigenvalue weighted by Crippen LogP contribution is 2.42. The lowest BCUT2D eigenvalue weighted by Crippen LogP contribution is -2.27. The van der Waals surface area contributed by atoms with Crippen molar-refractivity contribution < 1.29 is 26.4 Å². The van der Waals surface area contributed by atoms with Gasteiger partial charge in [-0.15, -0.1) is 0 Å². The van der Waals surface area contributed by atoms with Gasteiger partial charge >= 0.3 is 6.18 Å². The van der Waals surface area contributed by atoms with Gasteiger partial charge in [-0.2, -0.15) is 23.1 Å². The molecule has 0 aliphatic heterocycles. The number of nitrogens with two attached hydrogens (primary N) is 1. The number of hydrogen-bond acceptors (Lipinski definition) is 5. The standard InChI is InChI=1S/C17H14F3N5O3S/c1-10(26)23-25-16(17(18,19)20)14(11-6-8-22-9-7-11)15(24-25)12-2-4-13(5-3-12)29(21,27)28/h2-9H,1H3,(H,23,26)(H2,21,27,28). The number of nitrogens with zero attached hydrogens (tertiary/aromatic N) is 3. The van der Waals surface area contributed by atoms with E-state index < -0.39 is 27.8 Å². The normalized spacial score (nSPS) is 12.0. The summed E-state index contributed by atoms with van der Waals surface area (Å²) < 4.78 is 64.5. The van der Waals surface area contributed by atoms with E-state index in [4.69, 9.17) is 5.14 Å². The summed E-state index contributed by atoms with van der Waals surface area (Å²) in [5.74, 6) is -0.754. The van der Waals surface area contributed by atoms with Crippen LogP contribution in [-0.2, 0) is 21.0 Å². The Labute approximate surface area is 163 Å². The molecule has 0 atom stereocenters. The molecule has 0 saturated heterocycles. The molecule has 2 heterocycles. The summed E-state index contributed by atoms with van der Waals surface area (Å²) in [6.45, 7) is 1.05. The van der Waals surface area contributed by atoms with Crippen molar-refractivity contribution in [2.24, 2.45) is 5.14 Å². The molecule has 0 radical (unpaired) electrons. The van der Waals surface area contributed by atoms with Gasteiger partial charge in [0, 0.05) is 30.4 Å². The van der Waals surface area contributed by atoms with Gasteiger partial charge in [-0.3, -0.25) is 9.78 Å². The molecule has 152 valence electrons. The number of amides is 1. The number of rotatable bonds is 4. The maximum atomic E-state index is 13.9. The topological polar surface area (TPSA) is 120 Å². The van der Waals surface area contributed by atoms with E-state index in [9.17, 15) is 26.4 Å². The van der Waals surface area contributed by atoms with Crippen molar-refractivity contribution in [2.75, 3.05) is 5.43 Å². The number of benzene rings is 1.